The van der Waals surface area contributed by atoms with Gasteiger partial charge in [-0.15, -0.1) is 0 Å². The smallest absolute Gasteiger partial charge is 0.0737 e. The van der Waals surface area contributed by atoms with Crippen molar-refractivity contribution in [2.24, 2.45) is 0 Å². The van der Waals surface area contributed by atoms with Crippen LogP contribution in [0.25, 0.3) is 66.4 Å². The zero-order chi connectivity index (χ0) is 35.4. The highest BCUT2D eigenvalue weighted by Crippen LogP contribution is 2.70. The van der Waals surface area contributed by atoms with Crippen molar-refractivity contribution in [3.8, 4) is 55.6 Å². The van der Waals surface area contributed by atoms with Crippen LogP contribution in [0.2, 0.25) is 0 Å². The molecule has 0 fully saturated rings. The van der Waals surface area contributed by atoms with Crippen molar-refractivity contribution >= 4 is 27.8 Å². The van der Waals surface area contributed by atoms with Gasteiger partial charge in [-0.3, -0.25) is 0 Å². The molecular weight excluding hydrogens is 651 g/mol. The fraction of sp³-hybridized carbons (Fsp3) is 0.0189. The molecule has 1 unspecified atom stereocenters. The minimum Gasteiger partial charge on any atom is -0.311 e. The highest BCUT2D eigenvalue weighted by molar-refractivity contribution is 6.06. The normalized spacial score (nSPS) is 15.1. The van der Waals surface area contributed by atoms with Crippen molar-refractivity contribution in [1.29, 1.82) is 0 Å². The molecule has 1 nitrogen and oxygen atoms in total. The molecule has 0 N–H and O–H groups in total. The SMILES string of the molecule is c1ccc(N(c2ccc(-c3ccc4c(c3)C35c6ccccc6-c6cccc(c63)-c3cccc-4c35)cc2)c2ccc(-c3ccc4ccccc4c3)cc2)cc1. The number of rotatable bonds is 5. The van der Waals surface area contributed by atoms with Crippen LogP contribution >= 0.6 is 0 Å². The zero-order valence-corrected chi connectivity index (χ0v) is 29.5. The first kappa shape index (κ1) is 29.6. The third-order valence-corrected chi connectivity index (χ3v) is 12.2. The molecule has 0 saturated heterocycles. The monoisotopic (exact) mass is 683 g/mol. The van der Waals surface area contributed by atoms with E-state index in [1.54, 1.807) is 0 Å². The van der Waals surface area contributed by atoms with Gasteiger partial charge in [-0.25, -0.2) is 0 Å². The summed E-state index contributed by atoms with van der Waals surface area (Å²) < 4.78 is 0. The molecule has 250 valence electrons. The van der Waals surface area contributed by atoms with Crippen molar-refractivity contribution in [1.82, 2.24) is 0 Å². The van der Waals surface area contributed by atoms with Crippen LogP contribution < -0.4 is 4.90 Å². The van der Waals surface area contributed by atoms with Crippen molar-refractivity contribution in [2.45, 2.75) is 5.41 Å². The van der Waals surface area contributed by atoms with Crippen LogP contribution in [0, 0.1) is 0 Å². The molecule has 1 atom stereocenters. The Morgan fingerprint density at radius 1 is 0.278 bits per heavy atom. The van der Waals surface area contributed by atoms with E-state index in [9.17, 15) is 0 Å². The molecule has 0 amide bonds. The van der Waals surface area contributed by atoms with E-state index in [2.05, 4.69) is 205 Å². The molecule has 0 radical (unpaired) electrons. The lowest BCUT2D eigenvalue weighted by molar-refractivity contribution is 0.818. The Balaban J connectivity index is 0.947. The van der Waals surface area contributed by atoms with Gasteiger partial charge in [0.15, 0.2) is 0 Å². The standard InChI is InChI=1S/C53H33N/c1-2-12-40(13-3-1)54(41-27-22-35(23-28-41)38-21-20-34-10-4-5-11-37(34)32-38)42-29-24-36(25-30-42)39-26-31-44-46-16-9-18-48-47-17-8-15-45-43-14-6-7-19-49(43)53(51(45)47,52(46)48)50(44)33-39/h1-33H. The number of benzene rings is 9. The van der Waals surface area contributed by atoms with E-state index < -0.39 is 0 Å². The van der Waals surface area contributed by atoms with Gasteiger partial charge in [0.05, 0.1) is 5.41 Å². The van der Waals surface area contributed by atoms with Crippen molar-refractivity contribution in [3.05, 3.63) is 222 Å². The van der Waals surface area contributed by atoms with Crippen LogP contribution in [0.4, 0.5) is 17.1 Å². The average Bonchev–Trinajstić information content (AvgIpc) is 3.84. The molecule has 9 aromatic carbocycles. The molecular formula is C53H33N. The van der Waals surface area contributed by atoms with Crippen LogP contribution in [0.15, 0.2) is 200 Å². The fourth-order valence-electron chi connectivity index (χ4n) is 9.93. The Labute approximate surface area is 315 Å². The number of nitrogens with zero attached hydrogens (tertiary/aromatic N) is 1. The van der Waals surface area contributed by atoms with Gasteiger partial charge in [-0.1, -0.05) is 152 Å². The van der Waals surface area contributed by atoms with Crippen LogP contribution in [0.5, 0.6) is 0 Å². The molecule has 0 aromatic heterocycles. The summed E-state index contributed by atoms with van der Waals surface area (Å²) >= 11 is 0. The Bertz CT molecular complexity index is 2940. The van der Waals surface area contributed by atoms with Crippen molar-refractivity contribution in [3.63, 3.8) is 0 Å². The summed E-state index contributed by atoms with van der Waals surface area (Å²) in [5.74, 6) is 0. The number of fused-ring (bicyclic) bond motifs is 6. The van der Waals surface area contributed by atoms with Gasteiger partial charge in [0.2, 0.25) is 0 Å². The van der Waals surface area contributed by atoms with E-state index in [1.165, 1.54) is 88.7 Å². The van der Waals surface area contributed by atoms with E-state index in [1.807, 2.05) is 0 Å². The van der Waals surface area contributed by atoms with E-state index >= 15 is 0 Å². The van der Waals surface area contributed by atoms with E-state index in [0.29, 0.717) is 0 Å². The van der Waals surface area contributed by atoms with Gasteiger partial charge in [-0.2, -0.15) is 0 Å². The molecule has 0 heterocycles. The second-order valence-electron chi connectivity index (χ2n) is 14.8. The van der Waals surface area contributed by atoms with Crippen LogP contribution in [-0.4, -0.2) is 0 Å². The fourth-order valence-corrected chi connectivity index (χ4v) is 9.93. The Morgan fingerprint density at radius 3 is 1.41 bits per heavy atom. The molecule has 1 spiro atoms. The lowest BCUT2D eigenvalue weighted by atomic mass is 9.73. The van der Waals surface area contributed by atoms with Crippen LogP contribution in [0.1, 0.15) is 22.3 Å². The predicted octanol–water partition coefficient (Wildman–Crippen LogP) is 14.0. The molecule has 9 aromatic rings. The van der Waals surface area contributed by atoms with E-state index in [4.69, 9.17) is 0 Å². The summed E-state index contributed by atoms with van der Waals surface area (Å²) in [5, 5.41) is 2.52. The molecule has 0 bridgehead atoms. The maximum absolute atomic E-state index is 2.49. The molecule has 1 heteroatoms. The Morgan fingerprint density at radius 2 is 0.741 bits per heavy atom. The van der Waals surface area contributed by atoms with E-state index in [0.717, 1.165) is 17.1 Å². The number of hydrogen-bond donors (Lipinski definition) is 0. The summed E-state index contributed by atoms with van der Waals surface area (Å²) in [4.78, 5) is 2.35. The number of anilines is 3. The summed E-state index contributed by atoms with van der Waals surface area (Å²) in [7, 11) is 0. The third-order valence-electron chi connectivity index (χ3n) is 12.2. The second kappa shape index (κ2) is 11.0. The zero-order valence-electron chi connectivity index (χ0n) is 29.5. The van der Waals surface area contributed by atoms with Crippen LogP contribution in [0.3, 0.4) is 0 Å². The third kappa shape index (κ3) is 3.93. The van der Waals surface area contributed by atoms with Gasteiger partial charge >= 0.3 is 0 Å². The first-order valence-electron chi connectivity index (χ1n) is 18.8. The van der Waals surface area contributed by atoms with Gasteiger partial charge in [0.1, 0.15) is 0 Å². The summed E-state index contributed by atoms with van der Waals surface area (Å²) in [6.07, 6.45) is 0. The quantitative estimate of drug-likeness (QED) is 0.175. The molecule has 54 heavy (non-hydrogen) atoms. The Hall–Kier alpha value is -6.96. The molecule has 0 saturated carbocycles. The second-order valence-corrected chi connectivity index (χ2v) is 14.8. The lowest BCUT2D eigenvalue weighted by Crippen LogP contribution is -2.23. The van der Waals surface area contributed by atoms with Crippen molar-refractivity contribution in [2.75, 3.05) is 4.90 Å². The van der Waals surface area contributed by atoms with Crippen LogP contribution in [-0.2, 0) is 5.41 Å². The minimum atomic E-state index is -0.275. The maximum Gasteiger partial charge on any atom is 0.0737 e. The van der Waals surface area contributed by atoms with Gasteiger partial charge in [-0.05, 0) is 137 Å². The van der Waals surface area contributed by atoms with Crippen molar-refractivity contribution < 1.29 is 0 Å². The summed E-state index contributed by atoms with van der Waals surface area (Å²) in [6, 6.07) is 74.1. The first-order chi connectivity index (χ1) is 26.8. The first-order valence-corrected chi connectivity index (χ1v) is 18.8. The molecule has 3 aliphatic rings. The molecule has 0 aliphatic heterocycles. The van der Waals surface area contributed by atoms with Gasteiger partial charge in [0.25, 0.3) is 0 Å². The number of para-hydroxylation sites is 1. The highest BCUT2D eigenvalue weighted by Gasteiger charge is 2.57. The lowest BCUT2D eigenvalue weighted by Gasteiger charge is -2.28. The highest BCUT2D eigenvalue weighted by atomic mass is 15.1. The Kier molecular flexibility index (Phi) is 6.04. The van der Waals surface area contributed by atoms with Gasteiger partial charge in [0, 0.05) is 17.1 Å². The maximum atomic E-state index is 2.49. The van der Waals surface area contributed by atoms with Gasteiger partial charge < -0.3 is 4.90 Å². The largest absolute Gasteiger partial charge is 0.311 e. The summed E-state index contributed by atoms with van der Waals surface area (Å²) in [5.41, 5.74) is 22.0. The summed E-state index contributed by atoms with van der Waals surface area (Å²) in [6.45, 7) is 0. The average molecular weight is 684 g/mol. The molecule has 12 rings (SSSR count). The topological polar surface area (TPSA) is 3.24 Å². The minimum absolute atomic E-state index is 0.275. The predicted molar refractivity (Wildman–Crippen MR) is 225 cm³/mol. The molecule has 3 aliphatic carbocycles. The number of hydrogen-bond acceptors (Lipinski definition) is 1. The van der Waals surface area contributed by atoms with E-state index in [-0.39, 0.29) is 5.41 Å².